The number of benzene rings is 1. The molecule has 3 nitrogen and oxygen atoms in total. The van der Waals surface area contributed by atoms with Crippen molar-refractivity contribution >= 4 is 28.8 Å². The zero-order valence-electron chi connectivity index (χ0n) is 11.3. The Balaban J connectivity index is 2.09. The number of thiocarbonyl (C=S) groups is 1. The van der Waals surface area contributed by atoms with Crippen LogP contribution in [0, 0.1) is 0 Å². The van der Waals surface area contributed by atoms with Gasteiger partial charge in [0.2, 0.25) is 0 Å². The van der Waals surface area contributed by atoms with Crippen molar-refractivity contribution in [1.82, 2.24) is 4.90 Å². The minimum atomic E-state index is 0.362. The van der Waals surface area contributed by atoms with Crippen LogP contribution in [0.15, 0.2) is 41.0 Å². The number of rotatable bonds is 6. The molecule has 106 valence electrons. The second-order valence-corrected chi connectivity index (χ2v) is 5.40. The average molecular weight is 309 g/mol. The van der Waals surface area contributed by atoms with Crippen LogP contribution in [-0.2, 0) is 13.1 Å². The van der Waals surface area contributed by atoms with Crippen LogP contribution in [0.25, 0.3) is 0 Å². The molecular weight excluding hydrogens is 292 g/mol. The second-order valence-electron chi connectivity index (χ2n) is 4.55. The monoisotopic (exact) mass is 308 g/mol. The lowest BCUT2D eigenvalue weighted by atomic mass is 10.1. The smallest absolute Gasteiger partial charge is 0.117 e. The van der Waals surface area contributed by atoms with E-state index in [1.54, 1.807) is 6.26 Å². The van der Waals surface area contributed by atoms with Gasteiger partial charge in [-0.2, -0.15) is 0 Å². The number of furan rings is 1. The predicted octanol–water partition coefficient (Wildman–Crippen LogP) is 3.59. The molecule has 2 rings (SSSR count). The molecule has 0 fully saturated rings. The van der Waals surface area contributed by atoms with E-state index < -0.39 is 0 Å². The molecule has 0 unspecified atom stereocenters. The first-order chi connectivity index (χ1) is 9.60. The van der Waals surface area contributed by atoms with Gasteiger partial charge in [0.25, 0.3) is 0 Å². The summed E-state index contributed by atoms with van der Waals surface area (Å²) in [5.41, 5.74) is 7.45. The molecule has 1 aromatic heterocycles. The third-order valence-electron chi connectivity index (χ3n) is 3.14. The molecule has 2 N–H and O–H groups in total. The van der Waals surface area contributed by atoms with Gasteiger partial charge in [0, 0.05) is 17.1 Å². The summed E-state index contributed by atoms with van der Waals surface area (Å²) in [5, 5.41) is 0.688. The highest BCUT2D eigenvalue weighted by molar-refractivity contribution is 7.80. The van der Waals surface area contributed by atoms with Crippen molar-refractivity contribution in [2.24, 2.45) is 5.73 Å². The maximum absolute atomic E-state index is 6.29. The number of hydrogen-bond donors (Lipinski definition) is 1. The standard InChI is InChI=1S/C15H17ClN2OS/c1-2-18(10-13-4-3-7-19-13)9-12-6-5-11(15(17)20)8-14(12)16/h3-8H,2,9-10H2,1H3,(H2,17,20). The molecule has 0 aliphatic carbocycles. The van der Waals surface area contributed by atoms with Gasteiger partial charge < -0.3 is 10.2 Å². The van der Waals surface area contributed by atoms with Crippen LogP contribution < -0.4 is 5.73 Å². The summed E-state index contributed by atoms with van der Waals surface area (Å²) >= 11 is 11.2. The van der Waals surface area contributed by atoms with E-state index in [4.69, 9.17) is 34.0 Å². The third kappa shape index (κ3) is 3.82. The van der Waals surface area contributed by atoms with E-state index in [-0.39, 0.29) is 0 Å². The summed E-state index contributed by atoms with van der Waals surface area (Å²) in [6.45, 7) is 4.54. The zero-order valence-corrected chi connectivity index (χ0v) is 12.9. The predicted molar refractivity (Wildman–Crippen MR) is 85.8 cm³/mol. The number of halogens is 1. The van der Waals surface area contributed by atoms with Gasteiger partial charge in [0.1, 0.15) is 10.7 Å². The van der Waals surface area contributed by atoms with E-state index in [1.807, 2.05) is 30.3 Å². The molecule has 0 spiro atoms. The Hall–Kier alpha value is -1.36. The first-order valence-corrected chi connectivity index (χ1v) is 7.21. The highest BCUT2D eigenvalue weighted by atomic mass is 35.5. The zero-order chi connectivity index (χ0) is 14.5. The lowest BCUT2D eigenvalue weighted by Gasteiger charge is -2.20. The van der Waals surface area contributed by atoms with Crippen LogP contribution >= 0.6 is 23.8 Å². The molecule has 5 heteroatoms. The maximum Gasteiger partial charge on any atom is 0.117 e. The van der Waals surface area contributed by atoms with Gasteiger partial charge in [-0.1, -0.05) is 42.9 Å². The summed E-state index contributed by atoms with van der Waals surface area (Å²) in [7, 11) is 0. The lowest BCUT2D eigenvalue weighted by molar-refractivity contribution is 0.248. The van der Waals surface area contributed by atoms with Crippen LogP contribution in [0.1, 0.15) is 23.8 Å². The van der Waals surface area contributed by atoms with Crippen LogP contribution in [-0.4, -0.2) is 16.4 Å². The summed E-state index contributed by atoms with van der Waals surface area (Å²) < 4.78 is 5.38. The summed E-state index contributed by atoms with van der Waals surface area (Å²) in [4.78, 5) is 2.61. The van der Waals surface area contributed by atoms with Crippen molar-refractivity contribution in [2.75, 3.05) is 6.54 Å². The molecule has 1 aromatic carbocycles. The molecule has 1 heterocycles. The Morgan fingerprint density at radius 2 is 2.15 bits per heavy atom. The van der Waals surface area contributed by atoms with Crippen molar-refractivity contribution in [3.05, 3.63) is 58.5 Å². The van der Waals surface area contributed by atoms with Crippen molar-refractivity contribution < 1.29 is 4.42 Å². The van der Waals surface area contributed by atoms with Gasteiger partial charge in [-0.05, 0) is 30.3 Å². The van der Waals surface area contributed by atoms with E-state index in [1.165, 1.54) is 0 Å². The lowest BCUT2D eigenvalue weighted by Crippen LogP contribution is -2.22. The largest absolute Gasteiger partial charge is 0.468 e. The number of nitrogens with two attached hydrogens (primary N) is 1. The van der Waals surface area contributed by atoms with Gasteiger partial charge in [0.05, 0.1) is 12.8 Å². The van der Waals surface area contributed by atoms with Crippen LogP contribution in [0.5, 0.6) is 0 Å². The fraction of sp³-hybridized carbons (Fsp3) is 0.267. The van der Waals surface area contributed by atoms with Gasteiger partial charge in [-0.3, -0.25) is 4.90 Å². The minimum Gasteiger partial charge on any atom is -0.468 e. The normalized spacial score (nSPS) is 10.9. The van der Waals surface area contributed by atoms with Crippen LogP contribution in [0.3, 0.4) is 0 Å². The van der Waals surface area contributed by atoms with Crippen LogP contribution in [0.4, 0.5) is 0 Å². The Kier molecular flexibility index (Phi) is 5.17. The summed E-state index contributed by atoms with van der Waals surface area (Å²) in [5.74, 6) is 0.947. The first-order valence-electron chi connectivity index (χ1n) is 6.43. The molecule has 0 amide bonds. The quantitative estimate of drug-likeness (QED) is 0.828. The maximum atomic E-state index is 6.29. The molecule has 20 heavy (non-hydrogen) atoms. The van der Waals surface area contributed by atoms with E-state index >= 15 is 0 Å². The van der Waals surface area contributed by atoms with Gasteiger partial charge in [-0.25, -0.2) is 0 Å². The van der Waals surface area contributed by atoms with E-state index in [0.29, 0.717) is 10.0 Å². The van der Waals surface area contributed by atoms with Gasteiger partial charge in [-0.15, -0.1) is 0 Å². The first kappa shape index (κ1) is 15.0. The Morgan fingerprint density at radius 3 is 2.70 bits per heavy atom. The van der Waals surface area contributed by atoms with Gasteiger partial charge in [0.15, 0.2) is 0 Å². The second kappa shape index (κ2) is 6.88. The van der Waals surface area contributed by atoms with E-state index in [2.05, 4.69) is 11.8 Å². The summed E-state index contributed by atoms with van der Waals surface area (Å²) in [6, 6.07) is 9.57. The fourth-order valence-corrected chi connectivity index (χ4v) is 2.34. The molecule has 0 aliphatic heterocycles. The molecular formula is C15H17ClN2OS. The van der Waals surface area contributed by atoms with Crippen molar-refractivity contribution in [3.63, 3.8) is 0 Å². The highest BCUT2D eigenvalue weighted by Gasteiger charge is 2.10. The molecule has 2 aromatic rings. The SMILES string of the molecule is CCN(Cc1ccco1)Cc1ccc(C(N)=S)cc1Cl. The molecule has 0 aliphatic rings. The van der Waals surface area contributed by atoms with Crippen molar-refractivity contribution in [1.29, 1.82) is 0 Å². The number of nitrogens with zero attached hydrogens (tertiary/aromatic N) is 1. The Bertz CT molecular complexity index is 584. The summed E-state index contributed by atoms with van der Waals surface area (Å²) in [6.07, 6.45) is 1.69. The highest BCUT2D eigenvalue weighted by Crippen LogP contribution is 2.20. The van der Waals surface area contributed by atoms with Gasteiger partial charge >= 0.3 is 0 Å². The fourth-order valence-electron chi connectivity index (χ4n) is 1.97. The molecule has 0 atom stereocenters. The molecule has 0 saturated carbocycles. The molecule has 0 bridgehead atoms. The van der Waals surface area contributed by atoms with Crippen molar-refractivity contribution in [3.8, 4) is 0 Å². The van der Waals surface area contributed by atoms with Crippen LogP contribution in [0.2, 0.25) is 5.02 Å². The van der Waals surface area contributed by atoms with Crippen molar-refractivity contribution in [2.45, 2.75) is 20.0 Å². The number of hydrogen-bond acceptors (Lipinski definition) is 3. The van der Waals surface area contributed by atoms with E-state index in [9.17, 15) is 0 Å². The third-order valence-corrected chi connectivity index (χ3v) is 3.73. The molecule has 0 radical (unpaired) electrons. The Morgan fingerprint density at radius 1 is 1.35 bits per heavy atom. The van der Waals surface area contributed by atoms with E-state index in [0.717, 1.165) is 36.5 Å². The molecule has 0 saturated heterocycles. The topological polar surface area (TPSA) is 42.4 Å². The minimum absolute atomic E-state index is 0.362. The Labute approximate surface area is 129 Å². The average Bonchev–Trinajstić information content (AvgIpc) is 2.92.